The Morgan fingerprint density at radius 3 is 2.75 bits per heavy atom. The van der Waals surface area contributed by atoms with Crippen LogP contribution in [-0.4, -0.2) is 11.1 Å². The van der Waals surface area contributed by atoms with Crippen molar-refractivity contribution in [3.63, 3.8) is 0 Å². The summed E-state index contributed by atoms with van der Waals surface area (Å²) in [4.78, 5) is 10.8. The molecule has 0 aromatic heterocycles. The molecule has 1 N–H and O–H groups in total. The molecule has 12 heavy (non-hydrogen) atoms. The van der Waals surface area contributed by atoms with Gasteiger partial charge in [0.1, 0.15) is 5.83 Å². The Morgan fingerprint density at radius 2 is 2.33 bits per heavy atom. The third kappa shape index (κ3) is 1.26. The molecule has 0 spiro atoms. The number of rotatable bonds is 1. The van der Waals surface area contributed by atoms with E-state index in [2.05, 4.69) is 0 Å². The summed E-state index contributed by atoms with van der Waals surface area (Å²) in [7, 11) is 0. The smallest absolute Gasteiger partial charge is 0.313 e. The molecule has 0 aromatic carbocycles. The molecule has 66 valence electrons. The number of aliphatic carboxylic acids is 1. The van der Waals surface area contributed by atoms with Gasteiger partial charge in [0, 0.05) is 0 Å². The zero-order valence-electron chi connectivity index (χ0n) is 7.04. The second kappa shape index (κ2) is 2.73. The maximum Gasteiger partial charge on any atom is 0.313 e. The molecule has 2 unspecified atom stereocenters. The van der Waals surface area contributed by atoms with Gasteiger partial charge in [0.05, 0.1) is 5.41 Å². The Morgan fingerprint density at radius 1 is 1.75 bits per heavy atom. The predicted octanol–water partition coefficient (Wildman–Crippen LogP) is 2.14. The second-order valence-electron chi connectivity index (χ2n) is 3.26. The molecule has 0 saturated heterocycles. The molecule has 0 fully saturated rings. The van der Waals surface area contributed by atoms with Crippen molar-refractivity contribution in [3.05, 3.63) is 24.1 Å². The molecule has 1 aliphatic rings. The molecule has 3 heteroatoms. The molecule has 0 heterocycles. The summed E-state index contributed by atoms with van der Waals surface area (Å²) in [5.41, 5.74) is -1.10. The monoisotopic (exact) mass is 170 g/mol. The summed E-state index contributed by atoms with van der Waals surface area (Å²) in [6.45, 7) is 3.27. The lowest BCUT2D eigenvalue weighted by molar-refractivity contribution is -0.146. The lowest BCUT2D eigenvalue weighted by atomic mass is 9.75. The fourth-order valence-electron chi connectivity index (χ4n) is 1.16. The van der Waals surface area contributed by atoms with E-state index in [1.165, 1.54) is 13.0 Å². The van der Waals surface area contributed by atoms with E-state index in [1.807, 2.05) is 0 Å². The van der Waals surface area contributed by atoms with E-state index in [0.717, 1.165) is 6.08 Å². The first-order valence-electron chi connectivity index (χ1n) is 3.77. The summed E-state index contributed by atoms with van der Waals surface area (Å²) in [5.74, 6) is -1.64. The summed E-state index contributed by atoms with van der Waals surface area (Å²) < 4.78 is 12.7. The molecular weight excluding hydrogens is 159 g/mol. The number of allylic oxidation sites excluding steroid dienone is 3. The third-order valence-electron chi connectivity index (χ3n) is 2.39. The van der Waals surface area contributed by atoms with Gasteiger partial charge in [-0.25, -0.2) is 4.39 Å². The fourth-order valence-corrected chi connectivity index (χ4v) is 1.16. The third-order valence-corrected chi connectivity index (χ3v) is 2.39. The van der Waals surface area contributed by atoms with Gasteiger partial charge in [-0.2, -0.15) is 0 Å². The van der Waals surface area contributed by atoms with Crippen LogP contribution < -0.4 is 0 Å². The Bertz CT molecular complexity index is 268. The van der Waals surface area contributed by atoms with Gasteiger partial charge in [-0.15, -0.1) is 0 Å². The van der Waals surface area contributed by atoms with Crippen LogP contribution in [0.3, 0.4) is 0 Å². The van der Waals surface area contributed by atoms with Gasteiger partial charge < -0.3 is 5.11 Å². The number of hydrogen-bond donors (Lipinski definition) is 1. The van der Waals surface area contributed by atoms with Gasteiger partial charge in [-0.3, -0.25) is 4.79 Å². The molecule has 0 bridgehead atoms. The van der Waals surface area contributed by atoms with Crippen molar-refractivity contribution >= 4 is 5.97 Å². The number of carboxylic acid groups (broad SMARTS) is 1. The maximum absolute atomic E-state index is 12.7. The summed E-state index contributed by atoms with van der Waals surface area (Å²) >= 11 is 0. The molecule has 0 radical (unpaired) electrons. The van der Waals surface area contributed by atoms with Crippen LogP contribution in [0.1, 0.15) is 13.8 Å². The first kappa shape index (κ1) is 8.97. The Hall–Kier alpha value is -1.12. The van der Waals surface area contributed by atoms with Crippen LogP contribution in [0.15, 0.2) is 24.1 Å². The highest BCUT2D eigenvalue weighted by Gasteiger charge is 2.37. The van der Waals surface area contributed by atoms with E-state index in [1.54, 1.807) is 13.0 Å². The van der Waals surface area contributed by atoms with E-state index in [9.17, 15) is 9.18 Å². The van der Waals surface area contributed by atoms with Crippen molar-refractivity contribution in [1.82, 2.24) is 0 Å². The summed E-state index contributed by atoms with van der Waals surface area (Å²) in [5, 5.41) is 8.84. The van der Waals surface area contributed by atoms with E-state index in [4.69, 9.17) is 5.11 Å². The molecule has 1 rings (SSSR count). The van der Waals surface area contributed by atoms with Crippen molar-refractivity contribution in [1.29, 1.82) is 0 Å². The van der Waals surface area contributed by atoms with Gasteiger partial charge in [-0.1, -0.05) is 13.0 Å². The summed E-state index contributed by atoms with van der Waals surface area (Å²) in [6.07, 6.45) is 4.03. The average molecular weight is 170 g/mol. The largest absolute Gasteiger partial charge is 0.481 e. The number of halogens is 1. The predicted molar refractivity (Wildman–Crippen MR) is 43.2 cm³/mol. The van der Waals surface area contributed by atoms with Crippen LogP contribution in [0, 0.1) is 11.3 Å². The zero-order valence-corrected chi connectivity index (χ0v) is 7.04. The maximum atomic E-state index is 12.7. The van der Waals surface area contributed by atoms with E-state index >= 15 is 0 Å². The SMILES string of the molecule is CC1C=CC(F)=CC1(C)C(=O)O. The van der Waals surface area contributed by atoms with Crippen LogP contribution in [0.5, 0.6) is 0 Å². The van der Waals surface area contributed by atoms with Crippen molar-refractivity contribution in [3.8, 4) is 0 Å². The Labute approximate surface area is 70.4 Å². The minimum absolute atomic E-state index is 0.172. The topological polar surface area (TPSA) is 37.3 Å². The fraction of sp³-hybridized carbons (Fsp3) is 0.444. The molecule has 0 aliphatic heterocycles. The van der Waals surface area contributed by atoms with Gasteiger partial charge >= 0.3 is 5.97 Å². The standard InChI is InChI=1S/C9H11FO2/c1-6-3-4-7(10)5-9(6,2)8(11)12/h3-6H,1-2H3,(H,11,12). The first-order valence-corrected chi connectivity index (χ1v) is 3.77. The quantitative estimate of drug-likeness (QED) is 0.654. The number of hydrogen-bond acceptors (Lipinski definition) is 1. The van der Waals surface area contributed by atoms with Gasteiger partial charge in [0.15, 0.2) is 0 Å². The number of carboxylic acids is 1. The average Bonchev–Trinajstić information content (AvgIpc) is 1.97. The van der Waals surface area contributed by atoms with Crippen LogP contribution >= 0.6 is 0 Å². The zero-order chi connectivity index (χ0) is 9.35. The van der Waals surface area contributed by atoms with Crippen molar-refractivity contribution in [2.24, 2.45) is 11.3 Å². The molecule has 0 saturated carbocycles. The minimum atomic E-state index is -1.10. The van der Waals surface area contributed by atoms with E-state index in [-0.39, 0.29) is 5.92 Å². The Balaban J connectivity index is 3.05. The molecule has 0 amide bonds. The lowest BCUT2D eigenvalue weighted by Crippen LogP contribution is -2.33. The van der Waals surface area contributed by atoms with E-state index in [0.29, 0.717) is 0 Å². The minimum Gasteiger partial charge on any atom is -0.481 e. The molecule has 1 aliphatic carbocycles. The molecular formula is C9H11FO2. The van der Waals surface area contributed by atoms with Crippen molar-refractivity contribution < 1.29 is 14.3 Å². The van der Waals surface area contributed by atoms with Gasteiger partial charge in [0.25, 0.3) is 0 Å². The highest BCUT2D eigenvalue weighted by molar-refractivity contribution is 5.78. The highest BCUT2D eigenvalue weighted by atomic mass is 19.1. The number of carbonyl (C=O) groups is 1. The van der Waals surface area contributed by atoms with Crippen LogP contribution in [0.2, 0.25) is 0 Å². The van der Waals surface area contributed by atoms with Crippen molar-refractivity contribution in [2.75, 3.05) is 0 Å². The lowest BCUT2D eigenvalue weighted by Gasteiger charge is -2.28. The summed E-state index contributed by atoms with van der Waals surface area (Å²) in [6, 6.07) is 0. The normalized spacial score (nSPS) is 34.6. The first-order chi connectivity index (χ1) is 5.47. The second-order valence-corrected chi connectivity index (χ2v) is 3.26. The van der Waals surface area contributed by atoms with Crippen LogP contribution in [-0.2, 0) is 4.79 Å². The van der Waals surface area contributed by atoms with E-state index < -0.39 is 17.2 Å². The van der Waals surface area contributed by atoms with Crippen LogP contribution in [0.4, 0.5) is 4.39 Å². The van der Waals surface area contributed by atoms with Crippen molar-refractivity contribution in [2.45, 2.75) is 13.8 Å². The molecule has 2 atom stereocenters. The molecule has 2 nitrogen and oxygen atoms in total. The van der Waals surface area contributed by atoms with Crippen LogP contribution in [0.25, 0.3) is 0 Å². The highest BCUT2D eigenvalue weighted by Crippen LogP contribution is 2.35. The molecule has 0 aromatic rings. The van der Waals surface area contributed by atoms with Gasteiger partial charge in [-0.05, 0) is 25.0 Å². The van der Waals surface area contributed by atoms with Gasteiger partial charge in [0.2, 0.25) is 0 Å². The Kier molecular flexibility index (Phi) is 2.04.